The van der Waals surface area contributed by atoms with Crippen molar-refractivity contribution in [2.45, 2.75) is 5.79 Å². The van der Waals surface area contributed by atoms with Gasteiger partial charge in [-0.2, -0.15) is 10.5 Å². The van der Waals surface area contributed by atoms with Crippen LogP contribution in [0.5, 0.6) is 0 Å². The largest absolute Gasteiger partial charge is 0.350 e. The molecule has 0 atom stereocenters. The zero-order valence-corrected chi connectivity index (χ0v) is 7.75. The highest BCUT2D eigenvalue weighted by molar-refractivity contribution is 5.60. The molecule has 4 nitrogen and oxygen atoms in total. The second kappa shape index (κ2) is 4.39. The number of aliphatic hydroxyl groups is 2. The third kappa shape index (κ3) is 2.65. The Bertz CT molecular complexity index is 450. The van der Waals surface area contributed by atoms with Gasteiger partial charge in [0.25, 0.3) is 5.79 Å². The number of hydrogen-bond acceptors (Lipinski definition) is 4. The molecule has 2 N–H and O–H groups in total. The summed E-state index contributed by atoms with van der Waals surface area (Å²) < 4.78 is 0. The van der Waals surface area contributed by atoms with Gasteiger partial charge in [-0.25, -0.2) is 0 Å². The van der Waals surface area contributed by atoms with E-state index in [0.29, 0.717) is 5.56 Å². The summed E-state index contributed by atoms with van der Waals surface area (Å²) in [4.78, 5) is 0. The van der Waals surface area contributed by atoms with Crippen LogP contribution < -0.4 is 0 Å². The number of hydrogen-bond donors (Lipinski definition) is 2. The lowest BCUT2D eigenvalue weighted by Crippen LogP contribution is -2.27. The van der Waals surface area contributed by atoms with Crippen LogP contribution in [0.4, 0.5) is 0 Å². The van der Waals surface area contributed by atoms with Crippen LogP contribution in [0, 0.1) is 22.7 Å². The van der Waals surface area contributed by atoms with Crippen molar-refractivity contribution < 1.29 is 10.2 Å². The molecule has 0 aromatic heterocycles. The first-order chi connectivity index (χ1) is 7.10. The quantitative estimate of drug-likeness (QED) is 0.420. The zero-order chi connectivity index (χ0) is 11.3. The molecule has 0 bridgehead atoms. The first-order valence-electron chi connectivity index (χ1n) is 4.13. The Balaban J connectivity index is 3.12. The monoisotopic (exact) mass is 200 g/mol. The summed E-state index contributed by atoms with van der Waals surface area (Å²) in [5.74, 6) is -2.73. The van der Waals surface area contributed by atoms with Crippen LogP contribution in [0.25, 0.3) is 6.08 Å². The van der Waals surface area contributed by atoms with Crippen LogP contribution in [0.3, 0.4) is 0 Å². The summed E-state index contributed by atoms with van der Waals surface area (Å²) >= 11 is 0. The average Bonchev–Trinajstić information content (AvgIpc) is 2.27. The summed E-state index contributed by atoms with van der Waals surface area (Å²) in [6, 6.07) is 11.5. The van der Waals surface area contributed by atoms with Gasteiger partial charge in [0, 0.05) is 0 Å². The smallest absolute Gasteiger partial charge is 0.292 e. The Kier molecular flexibility index (Phi) is 3.20. The highest BCUT2D eigenvalue weighted by Gasteiger charge is 2.28. The first kappa shape index (κ1) is 10.9. The van der Waals surface area contributed by atoms with E-state index in [-0.39, 0.29) is 0 Å². The minimum atomic E-state index is -2.73. The van der Waals surface area contributed by atoms with Crippen molar-refractivity contribution in [2.24, 2.45) is 0 Å². The van der Waals surface area contributed by atoms with E-state index in [4.69, 9.17) is 20.7 Å². The van der Waals surface area contributed by atoms with Gasteiger partial charge < -0.3 is 10.2 Å². The summed E-state index contributed by atoms with van der Waals surface area (Å²) in [6.07, 6.45) is 1.25. The van der Waals surface area contributed by atoms with Crippen LogP contribution in [0.1, 0.15) is 5.56 Å². The summed E-state index contributed by atoms with van der Waals surface area (Å²) in [6.45, 7) is 0. The SMILES string of the molecule is N#CC(=Cc1ccccc1)C(O)(O)C#N. The Morgan fingerprint density at radius 1 is 1.20 bits per heavy atom. The van der Waals surface area contributed by atoms with E-state index in [1.165, 1.54) is 12.1 Å². The molecule has 0 aliphatic carbocycles. The van der Waals surface area contributed by atoms with Crippen LogP contribution in [0.15, 0.2) is 35.9 Å². The Labute approximate surface area is 86.9 Å². The average molecular weight is 200 g/mol. The minimum absolute atomic E-state index is 0.406. The van der Waals surface area contributed by atoms with E-state index in [2.05, 4.69) is 0 Å². The number of nitriles is 2. The van der Waals surface area contributed by atoms with E-state index in [1.807, 2.05) is 0 Å². The fourth-order valence-electron chi connectivity index (χ4n) is 0.987. The topological polar surface area (TPSA) is 88.0 Å². The molecule has 4 heteroatoms. The van der Waals surface area contributed by atoms with Crippen molar-refractivity contribution in [3.8, 4) is 12.1 Å². The number of nitrogens with zero attached hydrogens (tertiary/aromatic N) is 2. The summed E-state index contributed by atoms with van der Waals surface area (Å²) in [5, 5.41) is 35.4. The van der Waals surface area contributed by atoms with Gasteiger partial charge in [0.05, 0.1) is 0 Å². The van der Waals surface area contributed by atoms with Gasteiger partial charge >= 0.3 is 0 Å². The van der Waals surface area contributed by atoms with E-state index in [9.17, 15) is 0 Å². The molecule has 0 aliphatic rings. The molecule has 0 heterocycles. The van der Waals surface area contributed by atoms with Gasteiger partial charge in [-0.1, -0.05) is 30.3 Å². The predicted octanol–water partition coefficient (Wildman–Crippen LogP) is 0.798. The Hall–Kier alpha value is -2.14. The summed E-state index contributed by atoms with van der Waals surface area (Å²) in [7, 11) is 0. The van der Waals surface area contributed by atoms with E-state index in [1.54, 1.807) is 36.4 Å². The van der Waals surface area contributed by atoms with Crippen molar-refractivity contribution in [3.05, 3.63) is 41.5 Å². The minimum Gasteiger partial charge on any atom is -0.350 e. The second-order valence-electron chi connectivity index (χ2n) is 2.86. The van der Waals surface area contributed by atoms with Crippen LogP contribution in [0.2, 0.25) is 0 Å². The highest BCUT2D eigenvalue weighted by Crippen LogP contribution is 2.15. The van der Waals surface area contributed by atoms with Gasteiger partial charge in [-0.15, -0.1) is 0 Å². The lowest BCUT2D eigenvalue weighted by atomic mass is 10.1. The Morgan fingerprint density at radius 3 is 2.27 bits per heavy atom. The molecular formula is C11H8N2O2. The van der Waals surface area contributed by atoms with E-state index < -0.39 is 11.4 Å². The fourth-order valence-corrected chi connectivity index (χ4v) is 0.987. The molecule has 15 heavy (non-hydrogen) atoms. The van der Waals surface area contributed by atoms with Crippen molar-refractivity contribution >= 4 is 6.08 Å². The molecule has 0 unspecified atom stereocenters. The highest BCUT2D eigenvalue weighted by atomic mass is 16.5. The maximum absolute atomic E-state index is 9.15. The van der Waals surface area contributed by atoms with Crippen molar-refractivity contribution in [1.29, 1.82) is 10.5 Å². The molecule has 0 amide bonds. The fraction of sp³-hybridized carbons (Fsp3) is 0.0909. The molecule has 0 saturated carbocycles. The molecule has 0 spiro atoms. The standard InChI is InChI=1S/C11H8N2O2/c12-7-10(11(14,15)8-13)6-9-4-2-1-3-5-9/h1-6,14-15H. The number of benzene rings is 1. The van der Waals surface area contributed by atoms with Gasteiger partial charge in [0.2, 0.25) is 0 Å². The van der Waals surface area contributed by atoms with Gasteiger partial charge in [0.15, 0.2) is 0 Å². The van der Waals surface area contributed by atoms with Gasteiger partial charge in [-0.05, 0) is 11.6 Å². The van der Waals surface area contributed by atoms with E-state index >= 15 is 0 Å². The third-order valence-corrected chi connectivity index (χ3v) is 1.76. The van der Waals surface area contributed by atoms with Crippen LogP contribution in [-0.2, 0) is 0 Å². The molecule has 1 aromatic carbocycles. The molecule has 1 rings (SSSR count). The van der Waals surface area contributed by atoms with Crippen LogP contribution in [-0.4, -0.2) is 16.0 Å². The predicted molar refractivity (Wildman–Crippen MR) is 52.8 cm³/mol. The maximum Gasteiger partial charge on any atom is 0.292 e. The van der Waals surface area contributed by atoms with E-state index in [0.717, 1.165) is 0 Å². The molecule has 0 radical (unpaired) electrons. The zero-order valence-electron chi connectivity index (χ0n) is 7.75. The number of rotatable bonds is 2. The van der Waals surface area contributed by atoms with Gasteiger partial charge in [-0.3, -0.25) is 0 Å². The molecule has 74 valence electrons. The summed E-state index contributed by atoms with van der Waals surface area (Å²) in [5.41, 5.74) is 0.216. The lowest BCUT2D eigenvalue weighted by molar-refractivity contribution is -0.0727. The van der Waals surface area contributed by atoms with Crippen molar-refractivity contribution in [3.63, 3.8) is 0 Å². The third-order valence-electron chi connectivity index (χ3n) is 1.76. The van der Waals surface area contributed by atoms with Crippen molar-refractivity contribution in [1.82, 2.24) is 0 Å². The Morgan fingerprint density at radius 2 is 1.80 bits per heavy atom. The second-order valence-corrected chi connectivity index (χ2v) is 2.86. The lowest BCUT2D eigenvalue weighted by Gasteiger charge is -2.10. The first-order valence-corrected chi connectivity index (χ1v) is 4.13. The van der Waals surface area contributed by atoms with Crippen LogP contribution >= 0.6 is 0 Å². The van der Waals surface area contributed by atoms with Crippen molar-refractivity contribution in [2.75, 3.05) is 0 Å². The molecule has 1 aromatic rings. The molecule has 0 aliphatic heterocycles. The maximum atomic E-state index is 9.15. The molecular weight excluding hydrogens is 192 g/mol. The molecule has 0 fully saturated rings. The molecule has 0 saturated heterocycles. The van der Waals surface area contributed by atoms with Gasteiger partial charge in [0.1, 0.15) is 17.7 Å². The normalized spacial score (nSPS) is 11.6.